The van der Waals surface area contributed by atoms with Crippen molar-refractivity contribution in [3.8, 4) is 11.1 Å². The first-order chi connectivity index (χ1) is 39.3. The fourth-order valence-electron chi connectivity index (χ4n) is 9.55. The molecule has 0 bridgehead atoms. The van der Waals surface area contributed by atoms with Crippen LogP contribution in [0.3, 0.4) is 0 Å². The first-order valence-electron chi connectivity index (χ1n) is 27.4. The number of likely N-dealkylation sites (N-methyl/N-ethyl adjacent to an activating group) is 2. The van der Waals surface area contributed by atoms with Crippen LogP contribution in [0.25, 0.3) is 32.9 Å². The molecule has 11 rings (SSSR count). The van der Waals surface area contributed by atoms with Gasteiger partial charge >= 0.3 is 19.1 Å². The molecule has 0 unspecified atom stereocenters. The van der Waals surface area contributed by atoms with Crippen LogP contribution in [0.4, 0.5) is 46.0 Å². The predicted octanol–water partition coefficient (Wildman–Crippen LogP) is 10.6. The number of anilines is 8. The van der Waals surface area contributed by atoms with Gasteiger partial charge in [-0.15, -0.1) is 0 Å². The Balaban J connectivity index is 0.000000173. The smallest absolute Gasteiger partial charge is 0.461 e. The molecule has 2 aromatic heterocycles. The molecule has 0 atom stereocenters. The quantitative estimate of drug-likeness (QED) is 0.0509. The second-order valence-electron chi connectivity index (χ2n) is 21.8. The number of ether oxygens (including phenoxy) is 2. The van der Waals surface area contributed by atoms with Gasteiger partial charge in [0.2, 0.25) is 11.9 Å². The summed E-state index contributed by atoms with van der Waals surface area (Å²) in [6.45, 7) is 19.8. The van der Waals surface area contributed by atoms with Crippen LogP contribution in [0.5, 0.6) is 0 Å². The summed E-state index contributed by atoms with van der Waals surface area (Å²) < 4.78 is 23.1. The SMILES string of the molecule is C.CC(=O)OCc1ccc2cnc(Nc3ccc(N4CCN(C)CC4)cc3)nc2c1-c1cccc(N)c1.CC(=O)OCc1ccc2cnc(Nc3ccc(N4CCN(C)CC4)cc3)nc2c1Br.CC1(C)OB(c2cccc(N)c2)OC1(C)C. The average molecular weight is 1190 g/mol. The third-order valence-corrected chi connectivity index (χ3v) is 16.0. The van der Waals surface area contributed by atoms with Gasteiger partial charge in [-0.2, -0.15) is 0 Å². The largest absolute Gasteiger partial charge is 0.494 e. The van der Waals surface area contributed by atoms with E-state index in [1.165, 1.54) is 25.2 Å². The molecule has 3 aliphatic heterocycles. The van der Waals surface area contributed by atoms with Crippen molar-refractivity contribution in [3.05, 3.63) is 149 Å². The van der Waals surface area contributed by atoms with E-state index in [9.17, 15) is 9.59 Å². The number of carbonyl (C=O) groups is 2. The van der Waals surface area contributed by atoms with E-state index in [1.807, 2.05) is 113 Å². The van der Waals surface area contributed by atoms with Gasteiger partial charge in [0.15, 0.2) is 0 Å². The summed E-state index contributed by atoms with van der Waals surface area (Å²) in [4.78, 5) is 50.6. The van der Waals surface area contributed by atoms with E-state index in [0.29, 0.717) is 17.6 Å². The van der Waals surface area contributed by atoms with Crippen molar-refractivity contribution in [1.82, 2.24) is 29.7 Å². The maximum absolute atomic E-state index is 11.5. The molecule has 83 heavy (non-hydrogen) atoms. The molecule has 3 fully saturated rings. The minimum atomic E-state index is -0.335. The number of piperazine rings is 2. The molecule has 0 aliphatic carbocycles. The molecule has 8 aromatic rings. The van der Waals surface area contributed by atoms with Crippen molar-refractivity contribution in [3.63, 3.8) is 0 Å². The molecule has 6 N–H and O–H groups in total. The lowest BCUT2D eigenvalue weighted by Gasteiger charge is -2.34. The number of carbonyl (C=O) groups excluding carboxylic acids is 2. The summed E-state index contributed by atoms with van der Waals surface area (Å²) in [5.41, 5.74) is 22.9. The third-order valence-electron chi connectivity index (χ3n) is 15.1. The van der Waals surface area contributed by atoms with E-state index in [-0.39, 0.29) is 50.9 Å². The molecular weight excluding hydrogens is 1110 g/mol. The maximum atomic E-state index is 11.5. The second-order valence-corrected chi connectivity index (χ2v) is 22.6. The number of fused-ring (bicyclic) bond motifs is 2. The summed E-state index contributed by atoms with van der Waals surface area (Å²) in [6.07, 6.45) is 3.58. The topological polar surface area (TPSA) is 212 Å². The van der Waals surface area contributed by atoms with Gasteiger partial charge in [0.05, 0.1) is 26.7 Å². The number of aromatic nitrogens is 4. The Morgan fingerprint density at radius 2 is 1.05 bits per heavy atom. The van der Waals surface area contributed by atoms with E-state index in [4.69, 9.17) is 35.2 Å². The molecule has 3 saturated heterocycles. The zero-order chi connectivity index (χ0) is 58.1. The molecular formula is C63H76BBrN12O6. The molecule has 6 aromatic carbocycles. The molecule has 0 amide bonds. The number of hydrogen-bond donors (Lipinski definition) is 4. The number of nitrogens with two attached hydrogens (primary N) is 2. The summed E-state index contributed by atoms with van der Waals surface area (Å²) in [6, 6.07) is 39.7. The monoisotopic (exact) mass is 1190 g/mol. The molecule has 5 heterocycles. The van der Waals surface area contributed by atoms with Crippen LogP contribution in [0, 0.1) is 0 Å². The van der Waals surface area contributed by atoms with Crippen LogP contribution in [0.2, 0.25) is 0 Å². The Morgan fingerprint density at radius 1 is 0.602 bits per heavy atom. The normalized spacial score (nSPS) is 15.7. The van der Waals surface area contributed by atoms with Gasteiger partial charge in [-0.3, -0.25) is 9.59 Å². The number of nitrogens with one attached hydrogen (secondary N) is 2. The molecule has 3 aliphatic rings. The number of nitrogens with zero attached hydrogens (tertiary/aromatic N) is 8. The van der Waals surface area contributed by atoms with Crippen LogP contribution >= 0.6 is 15.9 Å². The summed E-state index contributed by atoms with van der Waals surface area (Å²) in [7, 11) is 3.99. The molecule has 20 heteroatoms. The standard InChI is InChI=1S/C28H30N6O2.C22H24BrN5O2.C12H18BNO2.CH4/c1-19(35)36-18-22-7-6-21-17-30-28(32-27(21)26(22)20-4-3-5-23(29)16-20)31-24-8-10-25(11-9-24)34-14-12-33(2)13-15-34;1-15(29)30-14-17-4-3-16-13-24-22(26-21(16)20(17)23)25-18-5-7-19(8-6-18)28-11-9-27(2)10-12-28;1-11(2)12(3,4)16-13(15-11)9-6-5-7-10(14)8-9;/h3-11,16-17H,12-15,18,29H2,1-2H3,(H,30,31,32);3-8,13H,9-12,14H2,1-2H3,(H,24,25,26);5-8H,14H2,1-4H3;1H4. The lowest BCUT2D eigenvalue weighted by Crippen LogP contribution is -2.44. The van der Waals surface area contributed by atoms with Crippen LogP contribution in [0.15, 0.2) is 138 Å². The maximum Gasteiger partial charge on any atom is 0.494 e. The minimum absolute atomic E-state index is 0. The number of benzene rings is 6. The first kappa shape index (κ1) is 61.2. The van der Waals surface area contributed by atoms with Gasteiger partial charge in [0.25, 0.3) is 0 Å². The van der Waals surface area contributed by atoms with Crippen molar-refractivity contribution in [1.29, 1.82) is 0 Å². The van der Waals surface area contributed by atoms with Gasteiger partial charge in [-0.1, -0.05) is 56.0 Å². The van der Waals surface area contributed by atoms with E-state index in [2.05, 4.69) is 112 Å². The number of rotatable bonds is 12. The first-order valence-corrected chi connectivity index (χ1v) is 28.2. The molecule has 0 saturated carbocycles. The van der Waals surface area contributed by atoms with Crippen molar-refractivity contribution >= 4 is 108 Å². The fraction of sp³-hybridized carbons (Fsp3) is 0.333. The highest BCUT2D eigenvalue weighted by Gasteiger charge is 2.51. The van der Waals surface area contributed by atoms with E-state index in [1.54, 1.807) is 12.4 Å². The van der Waals surface area contributed by atoms with Gasteiger partial charge in [-0.25, -0.2) is 19.9 Å². The predicted molar refractivity (Wildman–Crippen MR) is 340 cm³/mol. The summed E-state index contributed by atoms with van der Waals surface area (Å²) in [5, 5.41) is 8.40. The highest BCUT2D eigenvalue weighted by molar-refractivity contribution is 9.10. The summed E-state index contributed by atoms with van der Waals surface area (Å²) >= 11 is 3.59. The Bertz CT molecular complexity index is 3510. The second kappa shape index (κ2) is 27.0. The zero-order valence-corrected chi connectivity index (χ0v) is 49.5. The Kier molecular flexibility index (Phi) is 19.9. The molecule has 0 spiro atoms. The van der Waals surface area contributed by atoms with Crippen molar-refractivity contribution in [2.24, 2.45) is 0 Å². The highest BCUT2D eigenvalue weighted by atomic mass is 79.9. The number of esters is 2. The number of nitrogen functional groups attached to an aromatic ring is 2. The van der Waals surface area contributed by atoms with Crippen LogP contribution in [-0.2, 0) is 41.6 Å². The van der Waals surface area contributed by atoms with Crippen LogP contribution < -0.4 is 37.4 Å². The Morgan fingerprint density at radius 3 is 1.53 bits per heavy atom. The average Bonchev–Trinajstić information content (AvgIpc) is 3.55. The fourth-order valence-corrected chi connectivity index (χ4v) is 10.1. The number of hydrogen-bond acceptors (Lipinski definition) is 18. The third kappa shape index (κ3) is 15.6. The molecule has 18 nitrogen and oxygen atoms in total. The van der Waals surface area contributed by atoms with Gasteiger partial charge in [0, 0.05) is 135 Å². The van der Waals surface area contributed by atoms with Crippen LogP contribution in [0.1, 0.15) is 60.1 Å². The van der Waals surface area contributed by atoms with Gasteiger partial charge < -0.3 is 60.5 Å². The lowest BCUT2D eigenvalue weighted by molar-refractivity contribution is -0.143. The zero-order valence-electron chi connectivity index (χ0n) is 47.9. The van der Waals surface area contributed by atoms with E-state index >= 15 is 0 Å². The van der Waals surface area contributed by atoms with E-state index < -0.39 is 0 Å². The molecule has 434 valence electrons. The van der Waals surface area contributed by atoms with Gasteiger partial charge in [-0.05, 0) is 147 Å². The van der Waals surface area contributed by atoms with Crippen molar-refractivity contribution in [2.75, 3.05) is 98.4 Å². The Labute approximate surface area is 496 Å². The van der Waals surface area contributed by atoms with Crippen molar-refractivity contribution < 1.29 is 28.4 Å². The molecule has 0 radical (unpaired) electrons. The Hall–Kier alpha value is -7.88. The van der Waals surface area contributed by atoms with E-state index in [0.717, 1.165) is 123 Å². The number of halogens is 1. The van der Waals surface area contributed by atoms with Gasteiger partial charge in [0.1, 0.15) is 13.2 Å². The summed E-state index contributed by atoms with van der Waals surface area (Å²) in [5.74, 6) is 0.357. The highest BCUT2D eigenvalue weighted by Crippen LogP contribution is 2.37. The lowest BCUT2D eigenvalue weighted by atomic mass is 9.79. The van der Waals surface area contributed by atoms with Crippen LogP contribution in [-0.4, -0.2) is 126 Å². The minimum Gasteiger partial charge on any atom is -0.461 e. The van der Waals surface area contributed by atoms with Crippen molar-refractivity contribution in [2.45, 2.75) is 73.4 Å².